The lowest BCUT2D eigenvalue weighted by Crippen LogP contribution is -2.44. The molecule has 1 aliphatic carbocycles. The van der Waals surface area contributed by atoms with Crippen LogP contribution in [0.1, 0.15) is 32.1 Å². The number of piperidine rings is 1. The van der Waals surface area contributed by atoms with Crippen LogP contribution >= 0.6 is 0 Å². The highest BCUT2D eigenvalue weighted by atomic mass is 16.1. The number of hydrogen-bond donors (Lipinski definition) is 0. The fourth-order valence-electron chi connectivity index (χ4n) is 4.26. The molecule has 5 heteroatoms. The average molecular weight is 324 g/mol. The molecule has 0 amide bonds. The smallest absolute Gasteiger partial charge is 0.255 e. The largest absolute Gasteiger partial charge is 0.342 e. The SMILES string of the molecule is Cn1c(N2CCC3CCCCC3C2)nc(-c2ccncc2)cc1=O. The first-order chi connectivity index (χ1) is 11.7. The number of nitrogens with zero attached hydrogens (tertiary/aromatic N) is 4. The molecule has 126 valence electrons. The van der Waals surface area contributed by atoms with Crippen molar-refractivity contribution in [3.63, 3.8) is 0 Å². The molecule has 24 heavy (non-hydrogen) atoms. The second-order valence-corrected chi connectivity index (χ2v) is 7.11. The van der Waals surface area contributed by atoms with Crippen molar-refractivity contribution in [1.82, 2.24) is 14.5 Å². The van der Waals surface area contributed by atoms with Crippen LogP contribution in [-0.2, 0) is 7.05 Å². The maximum absolute atomic E-state index is 12.4. The highest BCUT2D eigenvalue weighted by Gasteiger charge is 2.32. The Bertz CT molecular complexity index is 771. The van der Waals surface area contributed by atoms with Crippen molar-refractivity contribution in [2.24, 2.45) is 18.9 Å². The number of pyridine rings is 1. The van der Waals surface area contributed by atoms with Crippen LogP contribution in [0.4, 0.5) is 5.95 Å². The summed E-state index contributed by atoms with van der Waals surface area (Å²) in [4.78, 5) is 23.6. The van der Waals surface area contributed by atoms with E-state index >= 15 is 0 Å². The molecule has 0 aromatic carbocycles. The van der Waals surface area contributed by atoms with Crippen molar-refractivity contribution in [2.45, 2.75) is 32.1 Å². The van der Waals surface area contributed by atoms with Gasteiger partial charge in [0.2, 0.25) is 5.95 Å². The minimum Gasteiger partial charge on any atom is -0.342 e. The number of anilines is 1. The minimum atomic E-state index is -0.00224. The van der Waals surface area contributed by atoms with E-state index in [1.54, 1.807) is 23.0 Å². The van der Waals surface area contributed by atoms with Crippen molar-refractivity contribution >= 4 is 5.95 Å². The highest BCUT2D eigenvalue weighted by molar-refractivity contribution is 5.59. The summed E-state index contributed by atoms with van der Waals surface area (Å²) in [6, 6.07) is 5.42. The van der Waals surface area contributed by atoms with Gasteiger partial charge in [-0.05, 0) is 36.8 Å². The maximum Gasteiger partial charge on any atom is 0.255 e. The zero-order chi connectivity index (χ0) is 16.5. The summed E-state index contributed by atoms with van der Waals surface area (Å²) in [6.45, 7) is 2.03. The lowest BCUT2D eigenvalue weighted by molar-refractivity contribution is 0.201. The van der Waals surface area contributed by atoms with Gasteiger partial charge >= 0.3 is 0 Å². The summed E-state index contributed by atoms with van der Waals surface area (Å²) < 4.78 is 1.69. The Morgan fingerprint density at radius 1 is 1.08 bits per heavy atom. The third-order valence-corrected chi connectivity index (χ3v) is 5.66. The molecule has 2 aliphatic rings. The molecule has 2 atom stereocenters. The molecule has 2 aromatic heterocycles. The molecule has 0 N–H and O–H groups in total. The summed E-state index contributed by atoms with van der Waals surface area (Å²) in [5, 5.41) is 0. The summed E-state index contributed by atoms with van der Waals surface area (Å²) in [5.74, 6) is 2.43. The third kappa shape index (κ3) is 2.83. The Balaban J connectivity index is 1.67. The summed E-state index contributed by atoms with van der Waals surface area (Å²) in [6.07, 6.45) is 10.1. The molecule has 2 aromatic rings. The van der Waals surface area contributed by atoms with Crippen molar-refractivity contribution in [2.75, 3.05) is 18.0 Å². The molecular formula is C19H24N4O. The first kappa shape index (κ1) is 15.4. The molecule has 1 aliphatic heterocycles. The van der Waals surface area contributed by atoms with Crippen LogP contribution in [0, 0.1) is 11.8 Å². The Morgan fingerprint density at radius 3 is 2.62 bits per heavy atom. The third-order valence-electron chi connectivity index (χ3n) is 5.66. The van der Waals surface area contributed by atoms with Crippen molar-refractivity contribution in [3.8, 4) is 11.3 Å². The lowest BCUT2D eigenvalue weighted by atomic mass is 9.75. The van der Waals surface area contributed by atoms with Crippen LogP contribution in [0.3, 0.4) is 0 Å². The number of rotatable bonds is 2. The van der Waals surface area contributed by atoms with E-state index in [9.17, 15) is 4.79 Å². The first-order valence-electron chi connectivity index (χ1n) is 8.96. The van der Waals surface area contributed by atoms with Crippen LogP contribution in [0.2, 0.25) is 0 Å². The number of aromatic nitrogens is 3. The molecule has 0 radical (unpaired) electrons. The Hall–Kier alpha value is -2.17. The lowest BCUT2D eigenvalue weighted by Gasteiger charge is -2.42. The van der Waals surface area contributed by atoms with Gasteiger partial charge in [0.25, 0.3) is 5.56 Å². The zero-order valence-corrected chi connectivity index (χ0v) is 14.2. The Kier molecular flexibility index (Phi) is 4.08. The maximum atomic E-state index is 12.4. The van der Waals surface area contributed by atoms with Crippen LogP contribution in [0.15, 0.2) is 35.4 Å². The second-order valence-electron chi connectivity index (χ2n) is 7.11. The molecule has 0 spiro atoms. The van der Waals surface area contributed by atoms with E-state index in [2.05, 4.69) is 9.88 Å². The van der Waals surface area contributed by atoms with E-state index in [0.29, 0.717) is 0 Å². The molecule has 1 saturated carbocycles. The fraction of sp³-hybridized carbons (Fsp3) is 0.526. The molecule has 4 rings (SSSR count). The zero-order valence-electron chi connectivity index (χ0n) is 14.2. The van der Waals surface area contributed by atoms with Gasteiger partial charge in [0.05, 0.1) is 5.69 Å². The molecule has 2 fully saturated rings. The summed E-state index contributed by atoms with van der Waals surface area (Å²) in [5.41, 5.74) is 1.68. The van der Waals surface area contributed by atoms with Crippen LogP contribution in [0.25, 0.3) is 11.3 Å². The van der Waals surface area contributed by atoms with Crippen molar-refractivity contribution in [1.29, 1.82) is 0 Å². The predicted molar refractivity (Wildman–Crippen MR) is 95.0 cm³/mol. The van der Waals surface area contributed by atoms with Crippen molar-refractivity contribution in [3.05, 3.63) is 40.9 Å². The first-order valence-corrected chi connectivity index (χ1v) is 8.96. The van der Waals surface area contributed by atoms with Gasteiger partial charge in [0.15, 0.2) is 0 Å². The van der Waals surface area contributed by atoms with Gasteiger partial charge in [0, 0.05) is 44.2 Å². The fourth-order valence-corrected chi connectivity index (χ4v) is 4.26. The molecule has 3 heterocycles. The Labute approximate surface area is 142 Å². The number of hydrogen-bond acceptors (Lipinski definition) is 4. The van der Waals surface area contributed by atoms with Gasteiger partial charge in [-0.15, -0.1) is 0 Å². The molecular weight excluding hydrogens is 300 g/mol. The molecule has 0 bridgehead atoms. The van der Waals surface area contributed by atoms with E-state index < -0.39 is 0 Å². The second kappa shape index (κ2) is 6.38. The van der Waals surface area contributed by atoms with Crippen LogP contribution < -0.4 is 10.5 Å². The van der Waals surface area contributed by atoms with E-state index in [4.69, 9.17) is 4.98 Å². The van der Waals surface area contributed by atoms with Crippen molar-refractivity contribution < 1.29 is 0 Å². The topological polar surface area (TPSA) is 51.0 Å². The number of fused-ring (bicyclic) bond motifs is 1. The molecule has 5 nitrogen and oxygen atoms in total. The predicted octanol–water partition coefficient (Wildman–Crippen LogP) is 2.86. The Morgan fingerprint density at radius 2 is 1.83 bits per heavy atom. The monoisotopic (exact) mass is 324 g/mol. The van der Waals surface area contributed by atoms with E-state index in [1.165, 1.54) is 32.1 Å². The minimum absolute atomic E-state index is 0.00224. The van der Waals surface area contributed by atoms with Gasteiger partial charge in [-0.2, -0.15) is 0 Å². The van der Waals surface area contributed by atoms with E-state index in [0.717, 1.165) is 42.1 Å². The van der Waals surface area contributed by atoms with Crippen LogP contribution in [0.5, 0.6) is 0 Å². The van der Waals surface area contributed by atoms with Gasteiger partial charge < -0.3 is 4.90 Å². The normalized spacial score (nSPS) is 23.8. The van der Waals surface area contributed by atoms with E-state index in [1.807, 2.05) is 19.2 Å². The van der Waals surface area contributed by atoms with Gasteiger partial charge in [-0.25, -0.2) is 4.98 Å². The quantitative estimate of drug-likeness (QED) is 0.852. The van der Waals surface area contributed by atoms with Gasteiger partial charge in [-0.1, -0.05) is 19.3 Å². The molecule has 2 unspecified atom stereocenters. The van der Waals surface area contributed by atoms with Gasteiger partial charge in [0.1, 0.15) is 0 Å². The summed E-state index contributed by atoms with van der Waals surface area (Å²) in [7, 11) is 1.83. The average Bonchev–Trinajstić information content (AvgIpc) is 2.64. The summed E-state index contributed by atoms with van der Waals surface area (Å²) >= 11 is 0. The van der Waals surface area contributed by atoms with Crippen LogP contribution in [-0.4, -0.2) is 27.6 Å². The standard InChI is InChI=1S/C19H24N4O/c1-22-18(24)12-17(15-6-9-20-10-7-15)21-19(22)23-11-8-14-4-2-3-5-16(14)13-23/h6-7,9-10,12,14,16H,2-5,8,11,13H2,1H3. The van der Waals surface area contributed by atoms with E-state index in [-0.39, 0.29) is 5.56 Å². The van der Waals surface area contributed by atoms with Gasteiger partial charge in [-0.3, -0.25) is 14.3 Å². The molecule has 1 saturated heterocycles. The highest BCUT2D eigenvalue weighted by Crippen LogP contribution is 2.37.